The van der Waals surface area contributed by atoms with Gasteiger partial charge in [0.15, 0.2) is 0 Å². The Morgan fingerprint density at radius 1 is 0.400 bits per heavy atom. The zero-order valence-electron chi connectivity index (χ0n) is 42.8. The maximum Gasteiger partial charge on any atom is 0.137 e. The summed E-state index contributed by atoms with van der Waals surface area (Å²) in [7, 11) is 0. The van der Waals surface area contributed by atoms with Gasteiger partial charge < -0.3 is 27.4 Å². The molecular formula is C73H43BrN3O3+. The fraction of sp³-hybridized carbons (Fsp3) is 0.0137. The van der Waals surface area contributed by atoms with E-state index >= 15 is 0 Å². The summed E-state index contributed by atoms with van der Waals surface area (Å²) in [5.74, 6) is 0. The molecule has 0 radical (unpaired) electrons. The lowest BCUT2D eigenvalue weighted by molar-refractivity contribution is 0.668. The van der Waals surface area contributed by atoms with Crippen LogP contribution in [-0.2, 0) is 6.42 Å². The van der Waals surface area contributed by atoms with Crippen molar-refractivity contribution in [2.45, 2.75) is 6.42 Å². The monoisotopic (exact) mass is 1090 g/mol. The predicted octanol–water partition coefficient (Wildman–Crippen LogP) is 20.6. The van der Waals surface area contributed by atoms with E-state index in [0.29, 0.717) is 0 Å². The summed E-state index contributed by atoms with van der Waals surface area (Å²) >= 11 is 3.43. The molecule has 0 saturated heterocycles. The number of nitrogens with zero attached hydrogens (tertiary/aromatic N) is 2. The standard InChI is InChI=1S/C42H24N2O2.C19H12N.C12H7BrO/c1-5-13-34-27(9-1)32-21-22-36-41(42(32)44(34)26-18-20-31-29-11-4-8-16-38(29)46-40(31)24-26)33-12-2-6-14-35(33)43(36)25-17-19-30-28-10-3-7-15-37(28)45-39(30)23-25;1-2-6-13-12(5-1)11-16-14(13)9-10-18-19(16)15-7-3-4-8-17(15)20-18;13-8-5-6-10-9-3-1-2-4-11(9)14-12(10)7-8/h1-24H;2-10,20H,11H2;1-7H/q;+1;. The van der Waals surface area contributed by atoms with Crippen molar-refractivity contribution in [1.29, 1.82) is 0 Å². The number of furan rings is 3. The van der Waals surface area contributed by atoms with Gasteiger partial charge in [0.05, 0.1) is 39.3 Å². The molecule has 0 saturated carbocycles. The summed E-state index contributed by atoms with van der Waals surface area (Å²) in [6, 6.07) is 78.9. The Kier molecular flexibility index (Phi) is 9.78. The molecule has 2 aliphatic carbocycles. The molecule has 0 atom stereocenters. The van der Waals surface area contributed by atoms with Crippen LogP contribution < -0.4 is 0 Å². The van der Waals surface area contributed by atoms with Gasteiger partial charge in [-0.15, -0.1) is 0 Å². The van der Waals surface area contributed by atoms with Gasteiger partial charge in [0.2, 0.25) is 0 Å². The number of aromatic amines is 1. The van der Waals surface area contributed by atoms with E-state index in [9.17, 15) is 0 Å². The molecule has 2 aliphatic rings. The summed E-state index contributed by atoms with van der Waals surface area (Å²) in [5.41, 5.74) is 20.3. The first-order chi connectivity index (χ1) is 39.6. The average molecular weight is 1090 g/mol. The van der Waals surface area contributed by atoms with Crippen LogP contribution in [-0.4, -0.2) is 14.1 Å². The second kappa shape index (κ2) is 17.4. The van der Waals surface area contributed by atoms with Crippen LogP contribution >= 0.6 is 15.9 Å². The summed E-state index contributed by atoms with van der Waals surface area (Å²) < 4.78 is 24.2. The number of halogens is 1. The third kappa shape index (κ3) is 6.75. The first-order valence-electron chi connectivity index (χ1n) is 27.0. The molecule has 80 heavy (non-hydrogen) atoms. The molecule has 6 heterocycles. The van der Waals surface area contributed by atoms with E-state index in [2.05, 4.69) is 218 Å². The van der Waals surface area contributed by atoms with Crippen LogP contribution in [0.25, 0.3) is 148 Å². The molecule has 0 amide bonds. The van der Waals surface area contributed by atoms with E-state index in [1.165, 1.54) is 87.4 Å². The van der Waals surface area contributed by atoms with Gasteiger partial charge in [-0.3, -0.25) is 0 Å². The Hall–Kier alpha value is -10.2. The molecule has 374 valence electrons. The van der Waals surface area contributed by atoms with E-state index in [-0.39, 0.29) is 0 Å². The zero-order chi connectivity index (χ0) is 52.6. The minimum atomic E-state index is 0.887. The third-order valence-corrected chi connectivity index (χ3v) is 16.9. The van der Waals surface area contributed by atoms with Crippen molar-refractivity contribution < 1.29 is 13.3 Å². The Morgan fingerprint density at radius 3 is 1.60 bits per heavy atom. The number of H-pyrrole nitrogens is 1. The summed E-state index contributed by atoms with van der Waals surface area (Å²) in [5, 5.41) is 14.5. The van der Waals surface area contributed by atoms with E-state index in [0.717, 1.165) is 88.3 Å². The van der Waals surface area contributed by atoms with Gasteiger partial charge >= 0.3 is 0 Å². The maximum absolute atomic E-state index is 6.37. The van der Waals surface area contributed by atoms with Gasteiger partial charge in [0.25, 0.3) is 0 Å². The topological polar surface area (TPSA) is 65.1 Å². The molecule has 1 N–H and O–H groups in total. The number of rotatable bonds is 2. The van der Waals surface area contributed by atoms with Crippen molar-refractivity contribution >= 4 is 153 Å². The Morgan fingerprint density at radius 2 is 0.925 bits per heavy atom. The van der Waals surface area contributed by atoms with Crippen LogP contribution in [0.1, 0.15) is 11.1 Å². The molecule has 0 bridgehead atoms. The lowest BCUT2D eigenvalue weighted by atomic mass is 9.99. The van der Waals surface area contributed by atoms with Crippen LogP contribution in [0.3, 0.4) is 0 Å². The van der Waals surface area contributed by atoms with Gasteiger partial charge in [-0.25, -0.2) is 0 Å². The van der Waals surface area contributed by atoms with Crippen LogP contribution in [0, 0.1) is 6.08 Å². The number of allylic oxidation sites excluding steroid dienone is 6. The highest BCUT2D eigenvalue weighted by atomic mass is 79.9. The SMILES string of the molecule is Brc1ccc2c(c1)oc1ccccc12.[C+]1=CC2=C(C=C1)c1ccc3[nH]c4ccccc4c3c1C2.c1ccc2c(c1)oc1cc(-n3c4ccccc4c4c3ccc3c5ccccc5n(-c5ccc6c(c5)oc5ccccc56)c34)ccc12. The van der Waals surface area contributed by atoms with Crippen LogP contribution in [0.2, 0.25) is 0 Å². The number of hydrogen-bond donors (Lipinski definition) is 1. The highest BCUT2D eigenvalue weighted by Crippen LogP contribution is 2.45. The lowest BCUT2D eigenvalue weighted by Gasteiger charge is -2.10. The zero-order valence-corrected chi connectivity index (χ0v) is 44.4. The quantitative estimate of drug-likeness (QED) is 0.175. The number of fused-ring (bicyclic) bond motifs is 22. The highest BCUT2D eigenvalue weighted by molar-refractivity contribution is 9.10. The number of aromatic nitrogens is 3. The smallest absolute Gasteiger partial charge is 0.137 e. The van der Waals surface area contributed by atoms with E-state index in [1.807, 2.05) is 60.7 Å². The van der Waals surface area contributed by atoms with Gasteiger partial charge in [0.1, 0.15) is 45.7 Å². The Balaban J connectivity index is 0.000000122. The fourth-order valence-electron chi connectivity index (χ4n) is 13.0. The van der Waals surface area contributed by atoms with Crippen LogP contribution in [0.5, 0.6) is 0 Å². The minimum Gasteiger partial charge on any atom is -0.456 e. The first-order valence-corrected chi connectivity index (χ1v) is 27.7. The van der Waals surface area contributed by atoms with Gasteiger partial charge in [-0.2, -0.15) is 0 Å². The largest absolute Gasteiger partial charge is 0.456 e. The number of hydrogen-bond acceptors (Lipinski definition) is 3. The van der Waals surface area contributed by atoms with Crippen molar-refractivity contribution in [2.24, 2.45) is 0 Å². The number of nitrogens with one attached hydrogen (secondary N) is 1. The molecule has 11 aromatic carbocycles. The van der Waals surface area contributed by atoms with Crippen LogP contribution in [0.15, 0.2) is 266 Å². The van der Waals surface area contributed by atoms with Gasteiger partial charge in [0, 0.05) is 122 Å². The van der Waals surface area contributed by atoms with Crippen molar-refractivity contribution in [3.05, 3.63) is 270 Å². The van der Waals surface area contributed by atoms with Crippen LogP contribution in [0.4, 0.5) is 0 Å². The molecule has 0 unspecified atom stereocenters. The van der Waals surface area contributed by atoms with E-state index in [1.54, 1.807) is 0 Å². The molecule has 7 heteroatoms. The molecule has 6 aromatic heterocycles. The second-order valence-electron chi connectivity index (χ2n) is 20.8. The first kappa shape index (κ1) is 44.9. The van der Waals surface area contributed by atoms with Crippen molar-refractivity contribution in [3.63, 3.8) is 0 Å². The summed E-state index contributed by atoms with van der Waals surface area (Å²) in [6.07, 6.45) is 10.5. The third-order valence-electron chi connectivity index (χ3n) is 16.4. The van der Waals surface area contributed by atoms with Crippen molar-refractivity contribution in [1.82, 2.24) is 14.1 Å². The number of para-hydroxylation sites is 6. The highest BCUT2D eigenvalue weighted by Gasteiger charge is 2.29. The normalized spacial score (nSPS) is 13.0. The molecule has 0 fully saturated rings. The summed E-state index contributed by atoms with van der Waals surface area (Å²) in [6.45, 7) is 0. The van der Waals surface area contributed by atoms with Gasteiger partial charge in [-0.05, 0) is 103 Å². The Bertz CT molecular complexity index is 5550. The summed E-state index contributed by atoms with van der Waals surface area (Å²) in [4.78, 5) is 3.53. The fourth-order valence-corrected chi connectivity index (χ4v) is 13.3. The maximum atomic E-state index is 6.37. The predicted molar refractivity (Wildman–Crippen MR) is 334 cm³/mol. The molecule has 0 aliphatic heterocycles. The van der Waals surface area contributed by atoms with E-state index in [4.69, 9.17) is 13.3 Å². The minimum absolute atomic E-state index is 0.887. The van der Waals surface area contributed by atoms with Crippen molar-refractivity contribution in [3.8, 4) is 11.4 Å². The number of benzene rings is 11. The molecular weight excluding hydrogens is 1050 g/mol. The average Bonchev–Trinajstić information content (AvgIpc) is 4.24. The van der Waals surface area contributed by atoms with Crippen molar-refractivity contribution in [2.75, 3.05) is 0 Å². The van der Waals surface area contributed by atoms with E-state index < -0.39 is 0 Å². The molecule has 17 aromatic rings. The molecule has 6 nitrogen and oxygen atoms in total. The Labute approximate surface area is 465 Å². The lowest BCUT2D eigenvalue weighted by Crippen LogP contribution is -1.95. The molecule has 0 spiro atoms. The molecule has 19 rings (SSSR count). The second-order valence-corrected chi connectivity index (χ2v) is 21.7. The van der Waals surface area contributed by atoms with Gasteiger partial charge in [-0.1, -0.05) is 131 Å².